The summed E-state index contributed by atoms with van der Waals surface area (Å²) in [6, 6.07) is 13.0. The Morgan fingerprint density at radius 2 is 1.88 bits per heavy atom. The maximum atomic E-state index is 12.5. The number of hydrogen-bond acceptors (Lipinski definition) is 7. The first-order valence-corrected chi connectivity index (χ1v) is 12.2. The fraction of sp³-hybridized carbons (Fsp3) is 0.375. The first kappa shape index (κ1) is 21.3. The van der Waals surface area contributed by atoms with Crippen LogP contribution in [0.5, 0.6) is 5.75 Å². The van der Waals surface area contributed by atoms with Crippen LogP contribution in [0.15, 0.2) is 48.7 Å². The molecule has 176 valence electrons. The van der Waals surface area contributed by atoms with Gasteiger partial charge < -0.3 is 15.0 Å². The minimum atomic E-state index is -2.84. The largest absolute Gasteiger partial charge is 0.435 e. The highest BCUT2D eigenvalue weighted by Gasteiger charge is 2.43. The Morgan fingerprint density at radius 3 is 2.56 bits per heavy atom. The molecule has 1 aromatic carbocycles. The smallest absolute Gasteiger partial charge is 0.387 e. The van der Waals surface area contributed by atoms with Crippen LogP contribution in [0.3, 0.4) is 0 Å². The van der Waals surface area contributed by atoms with Gasteiger partial charge in [0.2, 0.25) is 5.95 Å². The topological polar surface area (TPSA) is 67.6 Å². The van der Waals surface area contributed by atoms with Gasteiger partial charge in [-0.3, -0.25) is 0 Å². The van der Waals surface area contributed by atoms with E-state index < -0.39 is 6.61 Å². The molecule has 1 N–H and O–H groups in total. The van der Waals surface area contributed by atoms with Crippen LogP contribution in [0.25, 0.3) is 16.8 Å². The van der Waals surface area contributed by atoms with E-state index in [-0.39, 0.29) is 5.75 Å². The van der Waals surface area contributed by atoms with E-state index in [1.165, 1.54) is 30.0 Å². The molecule has 0 spiro atoms. The van der Waals surface area contributed by atoms with Crippen LogP contribution >= 0.6 is 11.5 Å². The van der Waals surface area contributed by atoms with E-state index in [4.69, 9.17) is 4.98 Å². The molecular formula is C24H24F2N6OS. The highest BCUT2D eigenvalue weighted by atomic mass is 32.1. The second-order valence-electron chi connectivity index (χ2n) is 9.01. The zero-order valence-corrected chi connectivity index (χ0v) is 19.4. The molecule has 0 unspecified atom stereocenters. The van der Waals surface area contributed by atoms with Gasteiger partial charge in [0.1, 0.15) is 10.8 Å². The summed E-state index contributed by atoms with van der Waals surface area (Å²) in [7, 11) is 0. The summed E-state index contributed by atoms with van der Waals surface area (Å²) in [4.78, 5) is 7.27. The second-order valence-corrected chi connectivity index (χ2v) is 9.79. The molecule has 1 saturated heterocycles. The number of piperidine rings is 1. The molecular weight excluding hydrogens is 458 g/mol. The van der Waals surface area contributed by atoms with E-state index >= 15 is 0 Å². The van der Waals surface area contributed by atoms with Crippen LogP contribution < -0.4 is 15.0 Å². The van der Waals surface area contributed by atoms with Gasteiger partial charge in [0.05, 0.1) is 5.69 Å². The molecule has 4 aromatic rings. The number of halogens is 2. The van der Waals surface area contributed by atoms with E-state index in [2.05, 4.69) is 30.5 Å². The van der Waals surface area contributed by atoms with Crippen molar-refractivity contribution < 1.29 is 13.5 Å². The third-order valence-electron chi connectivity index (χ3n) is 6.81. The molecule has 0 amide bonds. The Bertz CT molecular complexity index is 1290. The predicted molar refractivity (Wildman–Crippen MR) is 128 cm³/mol. The number of benzene rings is 1. The van der Waals surface area contributed by atoms with Crippen molar-refractivity contribution in [3.8, 4) is 16.9 Å². The summed E-state index contributed by atoms with van der Waals surface area (Å²) in [6.07, 6.45) is 4.26. The molecule has 6 rings (SSSR count). The molecule has 1 aliphatic carbocycles. The molecule has 3 aromatic heterocycles. The van der Waals surface area contributed by atoms with Gasteiger partial charge in [-0.25, -0.2) is 4.52 Å². The Balaban J connectivity index is 1.22. The number of ether oxygens (including phenoxy) is 1. The third-order valence-corrected chi connectivity index (χ3v) is 7.75. The Hall–Kier alpha value is -3.27. The average molecular weight is 483 g/mol. The van der Waals surface area contributed by atoms with Crippen LogP contribution in [-0.2, 0) is 0 Å². The van der Waals surface area contributed by atoms with Crippen molar-refractivity contribution in [3.05, 3.63) is 54.4 Å². The first-order chi connectivity index (χ1) is 16.5. The first-order valence-electron chi connectivity index (χ1n) is 11.4. The molecule has 1 aliphatic heterocycles. The van der Waals surface area contributed by atoms with Crippen LogP contribution in [0.1, 0.15) is 18.5 Å². The number of nitrogens with zero attached hydrogens (tertiary/aromatic N) is 5. The zero-order chi connectivity index (χ0) is 23.2. The number of anilines is 2. The number of aryl methyl sites for hydroxylation is 1. The summed E-state index contributed by atoms with van der Waals surface area (Å²) in [6.45, 7) is 1.23. The Morgan fingerprint density at radius 1 is 1.12 bits per heavy atom. The fourth-order valence-electron chi connectivity index (χ4n) is 5.30. The van der Waals surface area contributed by atoms with Crippen molar-refractivity contribution in [2.45, 2.75) is 32.4 Å². The van der Waals surface area contributed by atoms with E-state index in [9.17, 15) is 8.78 Å². The number of nitrogens with one attached hydrogen (secondary N) is 1. The van der Waals surface area contributed by atoms with Gasteiger partial charge in [-0.1, -0.05) is 12.1 Å². The molecule has 7 nitrogen and oxygen atoms in total. The maximum Gasteiger partial charge on any atom is 0.387 e. The van der Waals surface area contributed by atoms with Gasteiger partial charge in [-0.2, -0.15) is 18.1 Å². The van der Waals surface area contributed by atoms with Crippen molar-refractivity contribution in [3.63, 3.8) is 0 Å². The number of aromatic nitrogens is 4. The maximum absolute atomic E-state index is 12.5. The van der Waals surface area contributed by atoms with Gasteiger partial charge >= 0.3 is 6.61 Å². The van der Waals surface area contributed by atoms with E-state index in [0.717, 1.165) is 35.6 Å². The van der Waals surface area contributed by atoms with Gasteiger partial charge in [-0.05, 0) is 79.0 Å². The summed E-state index contributed by atoms with van der Waals surface area (Å²) in [5.41, 5.74) is 3.54. The van der Waals surface area contributed by atoms with Gasteiger partial charge in [0, 0.05) is 30.9 Å². The van der Waals surface area contributed by atoms with E-state index in [0.29, 0.717) is 23.8 Å². The van der Waals surface area contributed by atoms with Crippen LogP contribution in [0.2, 0.25) is 0 Å². The molecule has 34 heavy (non-hydrogen) atoms. The summed E-state index contributed by atoms with van der Waals surface area (Å²) in [5, 5.41) is 9.57. The Kier molecular flexibility index (Phi) is 5.32. The van der Waals surface area contributed by atoms with Crippen LogP contribution in [0, 0.1) is 18.8 Å². The number of pyridine rings is 1. The number of fused-ring (bicyclic) bond motifs is 3. The van der Waals surface area contributed by atoms with Crippen molar-refractivity contribution in [1.29, 1.82) is 0 Å². The average Bonchev–Trinajstić information content (AvgIpc) is 3.49. The van der Waals surface area contributed by atoms with E-state index in [1.807, 2.05) is 25.3 Å². The van der Waals surface area contributed by atoms with Crippen LogP contribution in [-0.4, -0.2) is 44.7 Å². The third kappa shape index (κ3) is 3.96. The van der Waals surface area contributed by atoms with Crippen molar-refractivity contribution >= 4 is 28.1 Å². The van der Waals surface area contributed by atoms with Crippen molar-refractivity contribution in [2.24, 2.45) is 11.8 Å². The molecule has 4 heterocycles. The second kappa shape index (κ2) is 8.50. The quantitative estimate of drug-likeness (QED) is 0.413. The fourth-order valence-corrected chi connectivity index (χ4v) is 6.07. The lowest BCUT2D eigenvalue weighted by Crippen LogP contribution is -2.48. The molecule has 3 atom stereocenters. The highest BCUT2D eigenvalue weighted by Crippen LogP contribution is 2.41. The van der Waals surface area contributed by atoms with E-state index in [1.54, 1.807) is 28.2 Å². The minimum absolute atomic E-state index is 0.129. The number of hydrogen-bond donors (Lipinski definition) is 1. The Labute approximate surface area is 199 Å². The van der Waals surface area contributed by atoms with Gasteiger partial charge in [0.25, 0.3) is 0 Å². The molecule has 2 bridgehead atoms. The minimum Gasteiger partial charge on any atom is -0.435 e. The molecule has 1 saturated carbocycles. The predicted octanol–water partition coefficient (Wildman–Crippen LogP) is 5.09. The SMILES string of the molecule is Cc1cc(N2C[C@H]3CC[C@@H](C2)[C@@H]3Nc2nc3c(-c4ccc(OC(F)F)cc4)cccn3n2)sn1. The van der Waals surface area contributed by atoms with Gasteiger partial charge in [-0.15, -0.1) is 5.10 Å². The van der Waals surface area contributed by atoms with Crippen molar-refractivity contribution in [2.75, 3.05) is 23.3 Å². The molecule has 0 radical (unpaired) electrons. The lowest BCUT2D eigenvalue weighted by Gasteiger charge is -2.38. The van der Waals surface area contributed by atoms with Crippen molar-refractivity contribution in [1.82, 2.24) is 19.0 Å². The van der Waals surface area contributed by atoms with Crippen LogP contribution in [0.4, 0.5) is 19.7 Å². The molecule has 10 heteroatoms. The summed E-state index contributed by atoms with van der Waals surface area (Å²) >= 11 is 1.58. The lowest BCUT2D eigenvalue weighted by molar-refractivity contribution is -0.0498. The molecule has 2 aliphatic rings. The highest BCUT2D eigenvalue weighted by molar-refractivity contribution is 7.10. The summed E-state index contributed by atoms with van der Waals surface area (Å²) < 4.78 is 35.6. The normalized spacial score (nSPS) is 22.0. The summed E-state index contributed by atoms with van der Waals surface area (Å²) in [5.74, 6) is 1.82. The molecule has 2 fully saturated rings. The lowest BCUT2D eigenvalue weighted by atomic mass is 9.92. The standard InChI is InChI=1S/C24H24F2N6OS/c1-14-11-20(34-30-14)31-12-16-4-5-17(13-31)21(16)27-24-28-22-19(3-2-10-32(22)29-24)15-6-8-18(9-7-15)33-23(25)26/h2-3,6-11,16-17,21,23H,4-5,12-13H2,1H3,(H,27,29)/t16-,17+,21-. The monoisotopic (exact) mass is 482 g/mol. The number of alkyl halides is 2. The van der Waals surface area contributed by atoms with Gasteiger partial charge in [0.15, 0.2) is 5.65 Å². The number of rotatable bonds is 6. The zero-order valence-electron chi connectivity index (χ0n) is 18.6.